The van der Waals surface area contributed by atoms with Crippen LogP contribution in [-0.4, -0.2) is 38.5 Å². The lowest BCUT2D eigenvalue weighted by Gasteiger charge is -2.20. The molecule has 6 nitrogen and oxygen atoms in total. The van der Waals surface area contributed by atoms with Crippen molar-refractivity contribution in [2.75, 3.05) is 31.2 Å². The minimum atomic E-state index is -0.338. The van der Waals surface area contributed by atoms with Crippen LogP contribution in [0.4, 0.5) is 10.5 Å². The molecule has 102 valence electrons. The third-order valence-corrected chi connectivity index (χ3v) is 3.20. The fourth-order valence-corrected chi connectivity index (χ4v) is 2.27. The first-order chi connectivity index (χ1) is 9.28. The summed E-state index contributed by atoms with van der Waals surface area (Å²) in [5, 5.41) is 0. The van der Waals surface area contributed by atoms with Crippen LogP contribution in [0.5, 0.6) is 11.5 Å². The number of amides is 1. The minimum Gasteiger partial charge on any atom is -0.486 e. The molecule has 2 N–H and O–H groups in total. The van der Waals surface area contributed by atoms with Gasteiger partial charge in [-0.1, -0.05) is 0 Å². The number of nitrogens with zero attached hydrogens (tertiary/aromatic N) is 1. The van der Waals surface area contributed by atoms with E-state index in [1.807, 2.05) is 12.1 Å². The van der Waals surface area contributed by atoms with Crippen molar-refractivity contribution in [2.24, 2.45) is 5.73 Å². The summed E-state index contributed by atoms with van der Waals surface area (Å²) >= 11 is 0. The van der Waals surface area contributed by atoms with Gasteiger partial charge in [0, 0.05) is 6.07 Å². The lowest BCUT2D eigenvalue weighted by molar-refractivity contribution is 0.138. The molecule has 1 amide bonds. The summed E-state index contributed by atoms with van der Waals surface area (Å²) < 4.78 is 16.2. The van der Waals surface area contributed by atoms with Gasteiger partial charge in [0.15, 0.2) is 11.5 Å². The van der Waals surface area contributed by atoms with Crippen molar-refractivity contribution in [3.05, 3.63) is 18.2 Å². The SMILES string of the molecule is NCCC1CN(c2ccc3c(c2)OCCO3)C(=O)O1. The maximum Gasteiger partial charge on any atom is 0.414 e. The molecule has 1 atom stereocenters. The molecule has 1 fully saturated rings. The molecule has 0 aromatic heterocycles. The fourth-order valence-electron chi connectivity index (χ4n) is 2.27. The number of anilines is 1. The Morgan fingerprint density at radius 3 is 2.84 bits per heavy atom. The maximum atomic E-state index is 11.8. The maximum absolute atomic E-state index is 11.8. The van der Waals surface area contributed by atoms with Gasteiger partial charge < -0.3 is 19.9 Å². The second kappa shape index (κ2) is 4.97. The van der Waals surface area contributed by atoms with E-state index in [-0.39, 0.29) is 12.2 Å². The molecule has 6 heteroatoms. The van der Waals surface area contributed by atoms with E-state index >= 15 is 0 Å². The van der Waals surface area contributed by atoms with Gasteiger partial charge >= 0.3 is 6.09 Å². The number of benzene rings is 1. The number of fused-ring (bicyclic) bond motifs is 1. The van der Waals surface area contributed by atoms with Gasteiger partial charge in [-0.25, -0.2) is 4.79 Å². The van der Waals surface area contributed by atoms with Gasteiger partial charge in [-0.05, 0) is 25.1 Å². The number of nitrogens with two attached hydrogens (primary N) is 1. The van der Waals surface area contributed by atoms with Crippen LogP contribution in [0.25, 0.3) is 0 Å². The summed E-state index contributed by atoms with van der Waals surface area (Å²) in [6.07, 6.45) is 0.202. The molecule has 19 heavy (non-hydrogen) atoms. The van der Waals surface area contributed by atoms with Crippen molar-refractivity contribution in [1.82, 2.24) is 0 Å². The molecule has 2 aliphatic heterocycles. The van der Waals surface area contributed by atoms with Crippen LogP contribution in [0, 0.1) is 0 Å². The molecule has 1 aromatic rings. The molecule has 1 saturated heterocycles. The molecule has 0 aliphatic carbocycles. The Morgan fingerprint density at radius 2 is 2.05 bits per heavy atom. The van der Waals surface area contributed by atoms with Crippen LogP contribution >= 0.6 is 0 Å². The standard InChI is InChI=1S/C13H16N2O4/c14-4-3-10-8-15(13(16)19-10)9-1-2-11-12(7-9)18-6-5-17-11/h1-2,7,10H,3-6,8,14H2. The highest BCUT2D eigenvalue weighted by Gasteiger charge is 2.32. The van der Waals surface area contributed by atoms with Crippen molar-refractivity contribution in [3.63, 3.8) is 0 Å². The van der Waals surface area contributed by atoms with Crippen molar-refractivity contribution in [2.45, 2.75) is 12.5 Å². The van der Waals surface area contributed by atoms with E-state index in [2.05, 4.69) is 0 Å². The van der Waals surface area contributed by atoms with Crippen LogP contribution in [-0.2, 0) is 4.74 Å². The molecule has 3 rings (SSSR count). The first-order valence-electron chi connectivity index (χ1n) is 6.36. The Kier molecular flexibility index (Phi) is 3.16. The minimum absolute atomic E-state index is 0.134. The number of hydrogen-bond acceptors (Lipinski definition) is 5. The molecular weight excluding hydrogens is 248 g/mol. The number of carbonyl (C=O) groups excluding carboxylic acids is 1. The van der Waals surface area contributed by atoms with E-state index in [1.165, 1.54) is 0 Å². The molecule has 2 heterocycles. The third-order valence-electron chi connectivity index (χ3n) is 3.20. The van der Waals surface area contributed by atoms with Crippen molar-refractivity contribution >= 4 is 11.8 Å². The van der Waals surface area contributed by atoms with Crippen LogP contribution in [0.1, 0.15) is 6.42 Å². The number of hydrogen-bond donors (Lipinski definition) is 1. The summed E-state index contributed by atoms with van der Waals surface area (Å²) in [5.74, 6) is 1.37. The Morgan fingerprint density at radius 1 is 1.26 bits per heavy atom. The van der Waals surface area contributed by atoms with Crippen molar-refractivity contribution in [3.8, 4) is 11.5 Å². The molecule has 0 bridgehead atoms. The monoisotopic (exact) mass is 264 g/mol. The molecule has 1 unspecified atom stereocenters. The second-order valence-electron chi connectivity index (χ2n) is 4.52. The Labute approximate surface area is 111 Å². The van der Waals surface area contributed by atoms with Gasteiger partial charge in [0.1, 0.15) is 19.3 Å². The predicted molar refractivity (Wildman–Crippen MR) is 68.7 cm³/mol. The van der Waals surface area contributed by atoms with Gasteiger partial charge in [0.25, 0.3) is 0 Å². The average molecular weight is 264 g/mol. The highest BCUT2D eigenvalue weighted by Crippen LogP contribution is 2.35. The Balaban J connectivity index is 1.80. The summed E-state index contributed by atoms with van der Waals surface area (Å²) in [4.78, 5) is 13.4. The first-order valence-corrected chi connectivity index (χ1v) is 6.36. The van der Waals surface area contributed by atoms with E-state index in [9.17, 15) is 4.79 Å². The zero-order valence-electron chi connectivity index (χ0n) is 10.5. The van der Waals surface area contributed by atoms with E-state index in [4.69, 9.17) is 19.9 Å². The summed E-state index contributed by atoms with van der Waals surface area (Å²) in [7, 11) is 0. The van der Waals surface area contributed by atoms with Gasteiger partial charge in [-0.15, -0.1) is 0 Å². The van der Waals surface area contributed by atoms with Crippen molar-refractivity contribution in [1.29, 1.82) is 0 Å². The molecular formula is C13H16N2O4. The highest BCUT2D eigenvalue weighted by atomic mass is 16.6. The van der Waals surface area contributed by atoms with Gasteiger partial charge in [-0.2, -0.15) is 0 Å². The van der Waals surface area contributed by atoms with E-state index < -0.39 is 0 Å². The molecule has 0 spiro atoms. The summed E-state index contributed by atoms with van der Waals surface area (Å²) in [5.41, 5.74) is 6.24. The normalized spacial score (nSPS) is 21.4. The quantitative estimate of drug-likeness (QED) is 0.886. The number of ether oxygens (including phenoxy) is 3. The third kappa shape index (κ3) is 2.31. The van der Waals surface area contributed by atoms with Gasteiger partial charge in [0.05, 0.1) is 12.2 Å². The number of carbonyl (C=O) groups is 1. The van der Waals surface area contributed by atoms with Gasteiger partial charge in [0.2, 0.25) is 0 Å². The molecule has 0 saturated carbocycles. The smallest absolute Gasteiger partial charge is 0.414 e. The first kappa shape index (κ1) is 12.1. The van der Waals surface area contributed by atoms with E-state index in [1.54, 1.807) is 11.0 Å². The summed E-state index contributed by atoms with van der Waals surface area (Å²) in [6.45, 7) is 2.11. The van der Waals surface area contributed by atoms with Crippen LogP contribution < -0.4 is 20.1 Å². The Bertz CT molecular complexity index is 492. The van der Waals surface area contributed by atoms with Crippen LogP contribution in [0.15, 0.2) is 18.2 Å². The lowest BCUT2D eigenvalue weighted by atomic mass is 10.2. The van der Waals surface area contributed by atoms with E-state index in [0.29, 0.717) is 44.2 Å². The zero-order valence-corrected chi connectivity index (χ0v) is 10.5. The molecule has 1 aromatic carbocycles. The topological polar surface area (TPSA) is 74.0 Å². The molecule has 2 aliphatic rings. The molecule has 0 radical (unpaired) electrons. The van der Waals surface area contributed by atoms with Gasteiger partial charge in [-0.3, -0.25) is 4.90 Å². The number of rotatable bonds is 3. The lowest BCUT2D eigenvalue weighted by Crippen LogP contribution is -2.25. The largest absolute Gasteiger partial charge is 0.486 e. The van der Waals surface area contributed by atoms with Crippen LogP contribution in [0.2, 0.25) is 0 Å². The van der Waals surface area contributed by atoms with E-state index in [0.717, 1.165) is 5.69 Å². The zero-order chi connectivity index (χ0) is 13.2. The summed E-state index contributed by atoms with van der Waals surface area (Å²) in [6, 6.07) is 5.45. The Hall–Kier alpha value is -1.95. The average Bonchev–Trinajstić information content (AvgIpc) is 2.79. The fraction of sp³-hybridized carbons (Fsp3) is 0.462. The van der Waals surface area contributed by atoms with Crippen molar-refractivity contribution < 1.29 is 19.0 Å². The highest BCUT2D eigenvalue weighted by molar-refractivity contribution is 5.90. The van der Waals surface area contributed by atoms with Crippen LogP contribution in [0.3, 0.4) is 0 Å². The number of cyclic esters (lactones) is 1. The predicted octanol–water partition coefficient (Wildman–Crippen LogP) is 1.13. The second-order valence-corrected chi connectivity index (χ2v) is 4.52.